The molecule has 0 bridgehead atoms. The second-order valence-electron chi connectivity index (χ2n) is 4.72. The van der Waals surface area contributed by atoms with Gasteiger partial charge in [-0.2, -0.15) is 0 Å². The maximum Gasteiger partial charge on any atom is 0.305 e. The van der Waals surface area contributed by atoms with Crippen LogP contribution in [0.15, 0.2) is 18.2 Å². The van der Waals surface area contributed by atoms with E-state index in [2.05, 4.69) is 16.0 Å². The van der Waals surface area contributed by atoms with Crippen LogP contribution in [-0.4, -0.2) is 36.4 Å². The maximum absolute atomic E-state index is 12.1. The zero-order valence-corrected chi connectivity index (χ0v) is 11.5. The first kappa shape index (κ1) is 14.8. The summed E-state index contributed by atoms with van der Waals surface area (Å²) in [5, 5.41) is 19.2. The summed E-state index contributed by atoms with van der Waals surface area (Å²) >= 11 is 0. The SMILES string of the molecule is CNc1cccc(C(=O)NCC2CCC(=O)N2)c1[N+](=O)[O-]. The van der Waals surface area contributed by atoms with Crippen LogP contribution in [0.4, 0.5) is 11.4 Å². The van der Waals surface area contributed by atoms with Gasteiger partial charge in [0.05, 0.1) is 4.92 Å². The third-order valence-electron chi connectivity index (χ3n) is 3.33. The molecule has 0 aliphatic carbocycles. The Morgan fingerprint density at radius 3 is 2.86 bits per heavy atom. The van der Waals surface area contributed by atoms with Crippen LogP contribution in [-0.2, 0) is 4.79 Å². The fourth-order valence-corrected chi connectivity index (χ4v) is 2.27. The Bertz CT molecular complexity index is 588. The number of nitro benzene ring substituents is 1. The number of nitro groups is 1. The average molecular weight is 292 g/mol. The molecule has 8 heteroatoms. The second-order valence-corrected chi connectivity index (χ2v) is 4.72. The van der Waals surface area contributed by atoms with Crippen LogP contribution in [0, 0.1) is 10.1 Å². The lowest BCUT2D eigenvalue weighted by molar-refractivity contribution is -0.384. The van der Waals surface area contributed by atoms with Crippen LogP contribution in [0.5, 0.6) is 0 Å². The van der Waals surface area contributed by atoms with Crippen molar-refractivity contribution >= 4 is 23.2 Å². The average Bonchev–Trinajstić information content (AvgIpc) is 2.89. The van der Waals surface area contributed by atoms with Crippen molar-refractivity contribution in [3.63, 3.8) is 0 Å². The second kappa shape index (κ2) is 6.21. The number of carbonyl (C=O) groups excluding carboxylic acids is 2. The lowest BCUT2D eigenvalue weighted by atomic mass is 10.1. The number of benzene rings is 1. The van der Waals surface area contributed by atoms with E-state index in [1.807, 2.05) is 0 Å². The van der Waals surface area contributed by atoms with E-state index in [-0.39, 0.29) is 35.4 Å². The number of nitrogens with one attached hydrogen (secondary N) is 3. The zero-order chi connectivity index (χ0) is 15.4. The Kier molecular flexibility index (Phi) is 4.36. The van der Waals surface area contributed by atoms with E-state index in [0.29, 0.717) is 12.8 Å². The van der Waals surface area contributed by atoms with Crippen LogP contribution in [0.2, 0.25) is 0 Å². The van der Waals surface area contributed by atoms with Gasteiger partial charge < -0.3 is 16.0 Å². The largest absolute Gasteiger partial charge is 0.383 e. The van der Waals surface area contributed by atoms with Crippen molar-refractivity contribution in [1.29, 1.82) is 0 Å². The van der Waals surface area contributed by atoms with E-state index in [9.17, 15) is 19.7 Å². The number of rotatable bonds is 5. The Hall–Kier alpha value is -2.64. The Balaban J connectivity index is 2.11. The van der Waals surface area contributed by atoms with E-state index in [1.54, 1.807) is 13.1 Å². The predicted molar refractivity (Wildman–Crippen MR) is 76.1 cm³/mol. The summed E-state index contributed by atoms with van der Waals surface area (Å²) in [4.78, 5) is 33.7. The fraction of sp³-hybridized carbons (Fsp3) is 0.385. The van der Waals surface area contributed by atoms with Crippen LogP contribution >= 0.6 is 0 Å². The molecule has 112 valence electrons. The van der Waals surface area contributed by atoms with E-state index >= 15 is 0 Å². The molecule has 21 heavy (non-hydrogen) atoms. The predicted octanol–water partition coefficient (Wildman–Crippen LogP) is 0.645. The topological polar surface area (TPSA) is 113 Å². The molecule has 1 atom stereocenters. The van der Waals surface area contributed by atoms with Crippen molar-refractivity contribution in [3.05, 3.63) is 33.9 Å². The summed E-state index contributed by atoms with van der Waals surface area (Å²) in [6.07, 6.45) is 1.09. The fourth-order valence-electron chi connectivity index (χ4n) is 2.27. The molecule has 1 saturated heterocycles. The number of hydrogen-bond donors (Lipinski definition) is 3. The van der Waals surface area contributed by atoms with Gasteiger partial charge in [0.2, 0.25) is 5.91 Å². The van der Waals surface area contributed by atoms with Gasteiger partial charge in [0, 0.05) is 26.1 Å². The van der Waals surface area contributed by atoms with Crippen LogP contribution in [0.3, 0.4) is 0 Å². The Morgan fingerprint density at radius 2 is 2.29 bits per heavy atom. The van der Waals surface area contributed by atoms with Crippen molar-refractivity contribution in [1.82, 2.24) is 10.6 Å². The summed E-state index contributed by atoms with van der Waals surface area (Å²) in [6.45, 7) is 0.255. The summed E-state index contributed by atoms with van der Waals surface area (Å²) in [7, 11) is 1.55. The first-order valence-corrected chi connectivity index (χ1v) is 6.55. The standard InChI is InChI=1S/C13H16N4O4/c1-14-10-4-2-3-9(12(10)17(20)21)13(19)15-7-8-5-6-11(18)16-8/h2-4,8,14H,5-7H2,1H3,(H,15,19)(H,16,18). The van der Waals surface area contributed by atoms with Gasteiger partial charge in [-0.1, -0.05) is 6.07 Å². The molecule has 1 heterocycles. The smallest absolute Gasteiger partial charge is 0.305 e. The third kappa shape index (κ3) is 3.28. The molecule has 2 rings (SSSR count). The summed E-state index contributed by atoms with van der Waals surface area (Å²) < 4.78 is 0. The number of amides is 2. The molecule has 2 amide bonds. The molecule has 0 aromatic heterocycles. The molecular formula is C13H16N4O4. The highest BCUT2D eigenvalue weighted by Gasteiger charge is 2.26. The minimum Gasteiger partial charge on any atom is -0.383 e. The van der Waals surface area contributed by atoms with Crippen molar-refractivity contribution in [2.75, 3.05) is 18.9 Å². The first-order valence-electron chi connectivity index (χ1n) is 6.55. The van der Waals surface area contributed by atoms with Crippen LogP contribution < -0.4 is 16.0 Å². The highest BCUT2D eigenvalue weighted by atomic mass is 16.6. The highest BCUT2D eigenvalue weighted by Crippen LogP contribution is 2.28. The molecule has 0 radical (unpaired) electrons. The van der Waals surface area contributed by atoms with Crippen molar-refractivity contribution in [3.8, 4) is 0 Å². The van der Waals surface area contributed by atoms with Gasteiger partial charge in [0.15, 0.2) is 0 Å². The molecule has 0 spiro atoms. The van der Waals surface area contributed by atoms with Gasteiger partial charge in [-0.3, -0.25) is 19.7 Å². The van der Waals surface area contributed by atoms with Gasteiger partial charge in [0.25, 0.3) is 5.91 Å². The molecule has 1 unspecified atom stereocenters. The minimum absolute atomic E-state index is 0.00354. The Morgan fingerprint density at radius 1 is 1.52 bits per heavy atom. The van der Waals surface area contributed by atoms with E-state index in [0.717, 1.165) is 0 Å². The quantitative estimate of drug-likeness (QED) is 0.544. The Labute approximate surface area is 121 Å². The normalized spacial score (nSPS) is 17.2. The van der Waals surface area contributed by atoms with Gasteiger partial charge >= 0.3 is 5.69 Å². The molecule has 1 fully saturated rings. The maximum atomic E-state index is 12.1. The van der Waals surface area contributed by atoms with E-state index in [1.165, 1.54) is 12.1 Å². The summed E-state index contributed by atoms with van der Waals surface area (Å²) in [5.41, 5.74) is 0.0194. The van der Waals surface area contributed by atoms with E-state index in [4.69, 9.17) is 0 Å². The number of anilines is 1. The van der Waals surface area contributed by atoms with Gasteiger partial charge in [-0.15, -0.1) is 0 Å². The minimum atomic E-state index is -0.585. The van der Waals surface area contributed by atoms with Crippen LogP contribution in [0.25, 0.3) is 0 Å². The zero-order valence-electron chi connectivity index (χ0n) is 11.5. The molecule has 1 aromatic rings. The third-order valence-corrected chi connectivity index (χ3v) is 3.33. The van der Waals surface area contributed by atoms with Gasteiger partial charge in [0.1, 0.15) is 11.3 Å². The first-order chi connectivity index (χ1) is 10.0. The number of carbonyl (C=O) groups is 2. The molecule has 1 aliphatic rings. The number of nitrogens with zero attached hydrogens (tertiary/aromatic N) is 1. The lowest BCUT2D eigenvalue weighted by Crippen LogP contribution is -2.38. The van der Waals surface area contributed by atoms with Gasteiger partial charge in [-0.05, 0) is 18.6 Å². The molecule has 1 aliphatic heterocycles. The molecule has 3 N–H and O–H groups in total. The summed E-state index contributed by atoms with van der Waals surface area (Å²) in [6, 6.07) is 4.40. The highest BCUT2D eigenvalue weighted by molar-refractivity contribution is 6.00. The van der Waals surface area contributed by atoms with E-state index < -0.39 is 10.8 Å². The number of hydrogen-bond acceptors (Lipinski definition) is 5. The van der Waals surface area contributed by atoms with Gasteiger partial charge in [-0.25, -0.2) is 0 Å². The van der Waals surface area contributed by atoms with Crippen molar-refractivity contribution < 1.29 is 14.5 Å². The molecule has 1 aromatic carbocycles. The van der Waals surface area contributed by atoms with Crippen molar-refractivity contribution in [2.24, 2.45) is 0 Å². The van der Waals surface area contributed by atoms with Crippen molar-refractivity contribution in [2.45, 2.75) is 18.9 Å². The monoisotopic (exact) mass is 292 g/mol. The molecule has 0 saturated carbocycles. The molecule has 8 nitrogen and oxygen atoms in total. The molecular weight excluding hydrogens is 276 g/mol. The summed E-state index contributed by atoms with van der Waals surface area (Å²) in [5.74, 6) is -0.572. The van der Waals surface area contributed by atoms with Crippen LogP contribution in [0.1, 0.15) is 23.2 Å². The lowest BCUT2D eigenvalue weighted by Gasteiger charge is -2.12. The number of para-hydroxylation sites is 1.